The first kappa shape index (κ1) is 12.1. The summed E-state index contributed by atoms with van der Waals surface area (Å²) in [5, 5.41) is 6.27. The van der Waals surface area contributed by atoms with Crippen molar-refractivity contribution in [1.29, 1.82) is 0 Å². The Bertz CT molecular complexity index is 479. The fourth-order valence-electron chi connectivity index (χ4n) is 1.57. The second-order valence-electron chi connectivity index (χ2n) is 3.70. The van der Waals surface area contributed by atoms with Crippen LogP contribution in [0.2, 0.25) is 0 Å². The molecule has 17 heavy (non-hydrogen) atoms. The number of fused-ring (bicyclic) bond motifs is 1. The minimum absolute atomic E-state index is 0.119. The number of thioether (sulfide) groups is 1. The van der Waals surface area contributed by atoms with Crippen molar-refractivity contribution < 1.29 is 9.59 Å². The summed E-state index contributed by atoms with van der Waals surface area (Å²) in [7, 11) is 0. The zero-order valence-electron chi connectivity index (χ0n) is 9.23. The van der Waals surface area contributed by atoms with Gasteiger partial charge in [-0.25, -0.2) is 0 Å². The van der Waals surface area contributed by atoms with E-state index in [4.69, 9.17) is 5.73 Å². The molecule has 0 unspecified atom stereocenters. The highest BCUT2D eigenvalue weighted by Gasteiger charge is 2.27. The fraction of sp³-hybridized carbons (Fsp3) is 0.364. The molecule has 0 atom stereocenters. The Hall–Kier alpha value is -1.40. The lowest BCUT2D eigenvalue weighted by Crippen LogP contribution is -2.14. The monoisotopic (exact) mass is 251 g/mol. The molecule has 0 radical (unpaired) electrons. The molecule has 1 heterocycles. The van der Waals surface area contributed by atoms with Crippen LogP contribution in [0.25, 0.3) is 0 Å². The average molecular weight is 251 g/mol. The zero-order valence-corrected chi connectivity index (χ0v) is 10.0. The zero-order chi connectivity index (χ0) is 12.3. The third-order valence-electron chi connectivity index (χ3n) is 2.47. The van der Waals surface area contributed by atoms with Gasteiger partial charge in [0.1, 0.15) is 5.69 Å². The molecule has 6 heteroatoms. The summed E-state index contributed by atoms with van der Waals surface area (Å²) < 4.78 is 0. The Kier molecular flexibility index (Phi) is 3.75. The maximum absolute atomic E-state index is 12.0. The number of aromatic nitrogens is 2. The average Bonchev–Trinajstić information content (AvgIpc) is 2.80. The summed E-state index contributed by atoms with van der Waals surface area (Å²) in [6.07, 6.45) is 4.66. The maximum Gasteiger partial charge on any atom is 0.205 e. The molecular formula is C11H13N3O2S. The van der Waals surface area contributed by atoms with Crippen molar-refractivity contribution in [3.8, 4) is 0 Å². The number of nitrogens with zero attached hydrogens (tertiary/aromatic N) is 1. The molecule has 1 aromatic heterocycles. The highest BCUT2D eigenvalue weighted by molar-refractivity contribution is 8.04. The molecule has 0 spiro atoms. The number of nitrogens with one attached hydrogen (secondary N) is 1. The van der Waals surface area contributed by atoms with Crippen molar-refractivity contribution in [2.45, 2.75) is 12.8 Å². The molecule has 0 amide bonds. The van der Waals surface area contributed by atoms with Crippen molar-refractivity contribution in [3.05, 3.63) is 28.4 Å². The number of Topliss-reactive ketones (excluding diaryl/α,β-unsaturated/α-hetero) is 1. The van der Waals surface area contributed by atoms with Crippen LogP contribution in [0.4, 0.5) is 0 Å². The van der Waals surface area contributed by atoms with Crippen molar-refractivity contribution in [2.75, 3.05) is 12.3 Å². The SMILES string of the molecule is NCCCCSC1=CC(=O)c2[nH]ncc2C1=O. The van der Waals surface area contributed by atoms with Crippen molar-refractivity contribution in [2.24, 2.45) is 5.73 Å². The smallest absolute Gasteiger partial charge is 0.205 e. The van der Waals surface area contributed by atoms with Crippen LogP contribution >= 0.6 is 11.8 Å². The maximum atomic E-state index is 12.0. The van der Waals surface area contributed by atoms with Crippen LogP contribution < -0.4 is 5.73 Å². The molecule has 0 aromatic carbocycles. The molecule has 0 aliphatic heterocycles. The first-order valence-corrected chi connectivity index (χ1v) is 6.39. The van der Waals surface area contributed by atoms with Gasteiger partial charge in [0, 0.05) is 6.08 Å². The number of carbonyl (C=O) groups is 2. The van der Waals surface area contributed by atoms with E-state index >= 15 is 0 Å². The van der Waals surface area contributed by atoms with Crippen LogP contribution in [0.3, 0.4) is 0 Å². The number of unbranched alkanes of at least 4 members (excludes halogenated alkanes) is 1. The first-order valence-electron chi connectivity index (χ1n) is 5.41. The molecule has 0 fully saturated rings. The van der Waals surface area contributed by atoms with Gasteiger partial charge < -0.3 is 5.73 Å². The first-order chi connectivity index (χ1) is 8.24. The Morgan fingerprint density at radius 3 is 2.94 bits per heavy atom. The van der Waals surface area contributed by atoms with Gasteiger partial charge in [-0.05, 0) is 25.1 Å². The Morgan fingerprint density at radius 2 is 2.18 bits per heavy atom. The van der Waals surface area contributed by atoms with E-state index in [2.05, 4.69) is 10.2 Å². The normalized spacial score (nSPS) is 14.8. The highest BCUT2D eigenvalue weighted by Crippen LogP contribution is 2.27. The highest BCUT2D eigenvalue weighted by atomic mass is 32.2. The van der Waals surface area contributed by atoms with Gasteiger partial charge in [-0.15, -0.1) is 11.8 Å². The second-order valence-corrected chi connectivity index (χ2v) is 4.84. The van der Waals surface area contributed by atoms with Crippen LogP contribution in [-0.4, -0.2) is 34.1 Å². The van der Waals surface area contributed by atoms with E-state index in [0.717, 1.165) is 18.6 Å². The summed E-state index contributed by atoms with van der Waals surface area (Å²) in [5.74, 6) is 0.499. The Labute approximate surface area is 103 Å². The van der Waals surface area contributed by atoms with E-state index in [9.17, 15) is 9.59 Å². The molecule has 3 N–H and O–H groups in total. The molecule has 0 saturated heterocycles. The topological polar surface area (TPSA) is 88.8 Å². The van der Waals surface area contributed by atoms with Gasteiger partial charge in [0.15, 0.2) is 0 Å². The van der Waals surface area contributed by atoms with E-state index in [-0.39, 0.29) is 11.6 Å². The molecule has 5 nitrogen and oxygen atoms in total. The van der Waals surface area contributed by atoms with E-state index in [1.54, 1.807) is 0 Å². The summed E-state index contributed by atoms with van der Waals surface area (Å²) >= 11 is 1.41. The number of nitrogens with two attached hydrogens (primary N) is 1. The lowest BCUT2D eigenvalue weighted by Gasteiger charge is -2.10. The molecule has 1 aliphatic carbocycles. The van der Waals surface area contributed by atoms with Gasteiger partial charge in [0.2, 0.25) is 11.6 Å². The van der Waals surface area contributed by atoms with E-state index in [0.29, 0.717) is 22.7 Å². The van der Waals surface area contributed by atoms with E-state index in [1.165, 1.54) is 24.0 Å². The van der Waals surface area contributed by atoms with Crippen LogP contribution in [0.1, 0.15) is 33.7 Å². The Morgan fingerprint density at radius 1 is 1.35 bits per heavy atom. The number of hydrogen-bond donors (Lipinski definition) is 2. The number of ketones is 2. The van der Waals surface area contributed by atoms with Crippen LogP contribution in [-0.2, 0) is 0 Å². The molecule has 1 aromatic rings. The predicted molar refractivity (Wildman–Crippen MR) is 66.1 cm³/mol. The van der Waals surface area contributed by atoms with E-state index in [1.807, 2.05) is 0 Å². The Balaban J connectivity index is 2.05. The van der Waals surface area contributed by atoms with Gasteiger partial charge in [-0.2, -0.15) is 5.10 Å². The predicted octanol–water partition coefficient (Wildman–Crippen LogP) is 1.14. The molecule has 0 bridgehead atoms. The van der Waals surface area contributed by atoms with Crippen LogP contribution in [0.5, 0.6) is 0 Å². The number of allylic oxidation sites excluding steroid dienone is 2. The van der Waals surface area contributed by atoms with Crippen LogP contribution in [0.15, 0.2) is 17.2 Å². The lowest BCUT2D eigenvalue weighted by atomic mass is 10.0. The summed E-state index contributed by atoms with van der Waals surface area (Å²) in [6.45, 7) is 0.651. The number of hydrogen-bond acceptors (Lipinski definition) is 5. The van der Waals surface area contributed by atoms with Gasteiger partial charge in [-0.3, -0.25) is 14.7 Å². The van der Waals surface area contributed by atoms with Crippen LogP contribution in [0, 0.1) is 0 Å². The number of carbonyl (C=O) groups excluding carboxylic acids is 2. The molecular weight excluding hydrogens is 238 g/mol. The minimum atomic E-state index is -0.182. The van der Waals surface area contributed by atoms with Crippen molar-refractivity contribution >= 4 is 23.3 Å². The third-order valence-corrected chi connectivity index (χ3v) is 3.58. The second kappa shape index (κ2) is 5.29. The van der Waals surface area contributed by atoms with Gasteiger partial charge in [-0.1, -0.05) is 0 Å². The summed E-state index contributed by atoms with van der Waals surface area (Å²) in [6, 6.07) is 0. The lowest BCUT2D eigenvalue weighted by molar-refractivity contribution is 0.0989. The van der Waals surface area contributed by atoms with Gasteiger partial charge in [0.25, 0.3) is 0 Å². The largest absolute Gasteiger partial charge is 0.330 e. The van der Waals surface area contributed by atoms with Gasteiger partial charge in [0.05, 0.1) is 16.7 Å². The van der Waals surface area contributed by atoms with Crippen molar-refractivity contribution in [1.82, 2.24) is 10.2 Å². The minimum Gasteiger partial charge on any atom is -0.330 e. The number of aromatic amines is 1. The van der Waals surface area contributed by atoms with E-state index < -0.39 is 0 Å². The summed E-state index contributed by atoms with van der Waals surface area (Å²) in [4.78, 5) is 24.1. The molecule has 2 rings (SSSR count). The third kappa shape index (κ3) is 2.48. The van der Waals surface area contributed by atoms with Gasteiger partial charge >= 0.3 is 0 Å². The number of rotatable bonds is 5. The standard InChI is InChI=1S/C11H13N3O2S/c12-3-1-2-4-17-9-5-8(15)10-7(11(9)16)6-13-14-10/h5-6H,1-4,12H2,(H,13,14). The molecule has 1 aliphatic rings. The fourth-order valence-corrected chi connectivity index (χ4v) is 2.57. The molecule has 0 saturated carbocycles. The van der Waals surface area contributed by atoms with Crippen molar-refractivity contribution in [3.63, 3.8) is 0 Å². The quantitative estimate of drug-likeness (QED) is 0.766. The number of H-pyrrole nitrogens is 1. The molecule has 90 valence electrons. The summed E-state index contributed by atoms with van der Waals surface area (Å²) in [5.41, 5.74) is 6.06.